The van der Waals surface area contributed by atoms with Gasteiger partial charge in [-0.2, -0.15) is 0 Å². The Hall–Kier alpha value is -3.65. The Balaban J connectivity index is 1.81. The van der Waals surface area contributed by atoms with E-state index in [1.54, 1.807) is 35.2 Å². The lowest BCUT2D eigenvalue weighted by Gasteiger charge is -2.30. The van der Waals surface area contributed by atoms with Crippen molar-refractivity contribution < 1.29 is 23.9 Å². The molecule has 158 valence electrons. The van der Waals surface area contributed by atoms with Gasteiger partial charge in [0.2, 0.25) is 0 Å². The summed E-state index contributed by atoms with van der Waals surface area (Å²) in [5, 5.41) is 1.55. The van der Waals surface area contributed by atoms with E-state index in [1.807, 2.05) is 19.1 Å². The molecule has 3 aromatic carbocycles. The maximum Gasteiger partial charge on any atom is 0.337 e. The molecule has 0 spiro atoms. The smallest absolute Gasteiger partial charge is 0.337 e. The van der Waals surface area contributed by atoms with Gasteiger partial charge in [0.05, 0.1) is 24.0 Å². The van der Waals surface area contributed by atoms with Gasteiger partial charge in [0.15, 0.2) is 11.2 Å². The quantitative estimate of drug-likeness (QED) is 0.441. The molecule has 8 heteroatoms. The Morgan fingerprint density at radius 3 is 2.39 bits per heavy atom. The molecule has 0 fully saturated rings. The van der Waals surface area contributed by atoms with Gasteiger partial charge in [0, 0.05) is 27.8 Å². The lowest BCUT2D eigenvalue weighted by Crippen LogP contribution is -2.25. The number of hydrogen-bond acceptors (Lipinski definition) is 6. The molecule has 0 aliphatic carbocycles. The standard InChI is InChI=1S/C23H20N2O5S/c1-3-25-20-12-11-19(17-5-4-6-18(21(17)20)22(25)28)24-31(13-26,14-27)16-9-7-15(8-10-16)23(29)30-2/h4-14,24H,3H2,1-2H3. The van der Waals surface area contributed by atoms with Crippen LogP contribution < -0.4 is 9.62 Å². The molecule has 0 bridgehead atoms. The van der Waals surface area contributed by atoms with Gasteiger partial charge in [-0.3, -0.25) is 14.4 Å². The van der Waals surface area contributed by atoms with Gasteiger partial charge < -0.3 is 14.4 Å². The van der Waals surface area contributed by atoms with Crippen molar-refractivity contribution >= 4 is 55.5 Å². The zero-order valence-corrected chi connectivity index (χ0v) is 17.8. The van der Waals surface area contributed by atoms with Crippen LogP contribution in [0, 0.1) is 0 Å². The van der Waals surface area contributed by atoms with E-state index in [0.29, 0.717) is 39.5 Å². The van der Waals surface area contributed by atoms with E-state index < -0.39 is 16.2 Å². The highest BCUT2D eigenvalue weighted by Gasteiger charge is 2.31. The number of amides is 1. The van der Waals surface area contributed by atoms with Crippen molar-refractivity contribution in [2.45, 2.75) is 11.8 Å². The zero-order chi connectivity index (χ0) is 22.2. The van der Waals surface area contributed by atoms with Crippen LogP contribution in [0.1, 0.15) is 27.6 Å². The van der Waals surface area contributed by atoms with Crippen molar-refractivity contribution in [3.05, 3.63) is 65.7 Å². The second-order valence-electron chi connectivity index (χ2n) is 6.93. The molecule has 1 aliphatic rings. The number of methoxy groups -OCH3 is 1. The zero-order valence-electron chi connectivity index (χ0n) is 17.0. The first-order chi connectivity index (χ1) is 15.0. The second-order valence-corrected chi connectivity index (χ2v) is 9.41. The van der Waals surface area contributed by atoms with Gasteiger partial charge in [-0.1, -0.05) is 12.1 Å². The van der Waals surface area contributed by atoms with Crippen LogP contribution in [0.2, 0.25) is 0 Å². The number of nitrogens with one attached hydrogen (secondary N) is 1. The first-order valence-corrected chi connectivity index (χ1v) is 11.3. The Bertz CT molecular complexity index is 1210. The van der Waals surface area contributed by atoms with E-state index in [2.05, 4.69) is 4.72 Å². The molecule has 1 N–H and O–H groups in total. The first-order valence-electron chi connectivity index (χ1n) is 9.57. The fraction of sp³-hybridized carbons (Fsp3) is 0.130. The summed E-state index contributed by atoms with van der Waals surface area (Å²) in [6.45, 7) is 2.45. The third-order valence-corrected chi connectivity index (χ3v) is 7.57. The molecule has 0 unspecified atom stereocenters. The van der Waals surface area contributed by atoms with Gasteiger partial charge in [-0.15, -0.1) is 0 Å². The summed E-state index contributed by atoms with van der Waals surface area (Å²) in [6, 6.07) is 15.2. The molecule has 0 saturated carbocycles. The SMILES string of the molecule is CCN1C(=O)c2cccc3c(NS(C=O)(C=O)c4ccc(C(=O)OC)cc4)ccc1c23. The maximum absolute atomic E-state index is 12.7. The maximum atomic E-state index is 12.7. The summed E-state index contributed by atoms with van der Waals surface area (Å²) >= 11 is 0. The van der Waals surface area contributed by atoms with Crippen LogP contribution in [-0.4, -0.2) is 36.8 Å². The summed E-state index contributed by atoms with van der Waals surface area (Å²) in [4.78, 5) is 50.9. The topological polar surface area (TPSA) is 92.8 Å². The summed E-state index contributed by atoms with van der Waals surface area (Å²) in [6.07, 6.45) is 0. The molecular weight excluding hydrogens is 416 g/mol. The predicted molar refractivity (Wildman–Crippen MR) is 122 cm³/mol. The fourth-order valence-electron chi connectivity index (χ4n) is 3.81. The van der Waals surface area contributed by atoms with E-state index in [9.17, 15) is 19.2 Å². The number of hydrogen-bond donors (Lipinski definition) is 1. The third-order valence-electron chi connectivity index (χ3n) is 5.35. The lowest BCUT2D eigenvalue weighted by atomic mass is 10.0. The van der Waals surface area contributed by atoms with Crippen molar-refractivity contribution in [1.82, 2.24) is 0 Å². The molecule has 1 aliphatic heterocycles. The molecule has 0 radical (unpaired) electrons. The largest absolute Gasteiger partial charge is 0.465 e. The number of nitrogens with zero attached hydrogens (tertiary/aromatic N) is 1. The van der Waals surface area contributed by atoms with Crippen LogP contribution in [0.3, 0.4) is 0 Å². The molecule has 4 rings (SSSR count). The van der Waals surface area contributed by atoms with Gasteiger partial charge in [0.25, 0.3) is 5.91 Å². The minimum absolute atomic E-state index is 0.0666. The average Bonchev–Trinajstić information content (AvgIpc) is 3.10. The Morgan fingerprint density at radius 1 is 1.06 bits per heavy atom. The molecule has 1 amide bonds. The van der Waals surface area contributed by atoms with Crippen LogP contribution in [0.5, 0.6) is 0 Å². The highest BCUT2D eigenvalue weighted by molar-refractivity contribution is 8.54. The van der Waals surface area contributed by atoms with Crippen LogP contribution in [-0.2, 0) is 14.3 Å². The number of carbonyl (C=O) groups excluding carboxylic acids is 4. The normalized spacial score (nSPS) is 13.2. The summed E-state index contributed by atoms with van der Waals surface area (Å²) in [5.41, 5.74) is 3.53. The summed E-state index contributed by atoms with van der Waals surface area (Å²) < 4.78 is 7.84. The van der Waals surface area contributed by atoms with Gasteiger partial charge in [0.1, 0.15) is 0 Å². The van der Waals surface area contributed by atoms with Crippen molar-refractivity contribution in [1.29, 1.82) is 0 Å². The molecule has 1 heterocycles. The monoisotopic (exact) mass is 436 g/mol. The summed E-state index contributed by atoms with van der Waals surface area (Å²) in [7, 11) is -1.46. The predicted octanol–water partition coefficient (Wildman–Crippen LogP) is 4.18. The van der Waals surface area contributed by atoms with Crippen LogP contribution in [0.25, 0.3) is 10.8 Å². The molecule has 7 nitrogen and oxygen atoms in total. The van der Waals surface area contributed by atoms with Crippen LogP contribution in [0.15, 0.2) is 59.5 Å². The molecule has 0 atom stereocenters. The number of carbonyl (C=O) groups is 4. The Morgan fingerprint density at radius 2 is 1.77 bits per heavy atom. The van der Waals surface area contributed by atoms with Crippen LogP contribution >= 0.6 is 10.2 Å². The van der Waals surface area contributed by atoms with E-state index in [0.717, 1.165) is 16.5 Å². The number of esters is 1. The molecule has 3 aromatic rings. The van der Waals surface area contributed by atoms with Crippen LogP contribution in [0.4, 0.5) is 11.4 Å². The van der Waals surface area contributed by atoms with Crippen molar-refractivity contribution in [2.75, 3.05) is 23.3 Å². The third kappa shape index (κ3) is 3.16. The minimum Gasteiger partial charge on any atom is -0.465 e. The molecule has 0 aromatic heterocycles. The number of rotatable bonds is 7. The summed E-state index contributed by atoms with van der Waals surface area (Å²) in [5.74, 6) is -0.571. The second kappa shape index (κ2) is 7.88. The van der Waals surface area contributed by atoms with Crippen molar-refractivity contribution in [3.63, 3.8) is 0 Å². The minimum atomic E-state index is -2.74. The number of anilines is 2. The highest BCUT2D eigenvalue weighted by atomic mass is 32.3. The van der Waals surface area contributed by atoms with E-state index in [1.165, 1.54) is 19.2 Å². The fourth-order valence-corrected chi connectivity index (χ4v) is 5.42. The van der Waals surface area contributed by atoms with Gasteiger partial charge in [-0.05, 0) is 59.6 Å². The molecule has 31 heavy (non-hydrogen) atoms. The average molecular weight is 436 g/mol. The van der Waals surface area contributed by atoms with E-state index >= 15 is 0 Å². The van der Waals surface area contributed by atoms with Crippen molar-refractivity contribution in [3.8, 4) is 0 Å². The first kappa shape index (κ1) is 20.6. The number of benzene rings is 3. The Kier molecular flexibility index (Phi) is 5.24. The van der Waals surface area contributed by atoms with E-state index in [4.69, 9.17) is 4.74 Å². The highest BCUT2D eigenvalue weighted by Crippen LogP contribution is 2.52. The molecule has 0 saturated heterocycles. The number of ether oxygens (including phenoxy) is 1. The Labute approximate surface area is 180 Å². The van der Waals surface area contributed by atoms with E-state index in [-0.39, 0.29) is 5.91 Å². The van der Waals surface area contributed by atoms with Gasteiger partial charge in [-0.25, -0.2) is 4.79 Å². The van der Waals surface area contributed by atoms with Crippen molar-refractivity contribution in [2.24, 2.45) is 0 Å². The lowest BCUT2D eigenvalue weighted by molar-refractivity contribution is 0.0600. The van der Waals surface area contributed by atoms with Gasteiger partial charge >= 0.3 is 5.97 Å². The molecular formula is C23H20N2O5S.